The molecule has 2 rings (SSSR count). The minimum Gasteiger partial charge on any atom is -0.481 e. The average molecular weight is 289 g/mol. The summed E-state index contributed by atoms with van der Waals surface area (Å²) in [7, 11) is 0. The third-order valence-electron chi connectivity index (χ3n) is 4.66. The number of carbonyl (C=O) groups is 1. The van der Waals surface area contributed by atoms with Crippen molar-refractivity contribution in [3.63, 3.8) is 0 Å². The van der Waals surface area contributed by atoms with Crippen molar-refractivity contribution in [1.29, 1.82) is 0 Å². The lowest BCUT2D eigenvalue weighted by Crippen LogP contribution is -2.34. The van der Waals surface area contributed by atoms with Gasteiger partial charge in [-0.25, -0.2) is 0 Å². The van der Waals surface area contributed by atoms with Crippen molar-refractivity contribution in [2.24, 2.45) is 11.8 Å². The van der Waals surface area contributed by atoms with Gasteiger partial charge in [0, 0.05) is 6.54 Å². The summed E-state index contributed by atoms with van der Waals surface area (Å²) in [5, 5.41) is 9.17. The fourth-order valence-electron chi connectivity index (χ4n) is 3.29. The summed E-state index contributed by atoms with van der Waals surface area (Å²) < 4.78 is 0. The second-order valence-electron chi connectivity index (χ2n) is 6.39. The van der Waals surface area contributed by atoms with Crippen LogP contribution >= 0.6 is 0 Å². The number of hydrogen-bond acceptors (Lipinski definition) is 2. The third-order valence-corrected chi connectivity index (χ3v) is 4.66. The zero-order chi connectivity index (χ0) is 15.2. The van der Waals surface area contributed by atoms with E-state index in [4.69, 9.17) is 5.11 Å². The van der Waals surface area contributed by atoms with Gasteiger partial charge in [-0.3, -0.25) is 9.69 Å². The first-order valence-corrected chi connectivity index (χ1v) is 8.09. The molecule has 0 aliphatic carbocycles. The molecule has 3 nitrogen and oxygen atoms in total. The average Bonchev–Trinajstić information content (AvgIpc) is 2.46. The third kappa shape index (κ3) is 4.85. The van der Waals surface area contributed by atoms with Crippen LogP contribution < -0.4 is 0 Å². The summed E-state index contributed by atoms with van der Waals surface area (Å²) in [6.45, 7) is 7.31. The Balaban J connectivity index is 1.79. The van der Waals surface area contributed by atoms with Crippen LogP contribution in [0.4, 0.5) is 0 Å². The Labute approximate surface area is 128 Å². The van der Waals surface area contributed by atoms with Crippen molar-refractivity contribution >= 4 is 5.97 Å². The molecule has 0 bridgehead atoms. The normalized spacial score (nSPS) is 18.6. The molecule has 1 aliphatic heterocycles. The number of carboxylic acid groups (broad SMARTS) is 1. The van der Waals surface area contributed by atoms with Crippen molar-refractivity contribution in [1.82, 2.24) is 4.90 Å². The second kappa shape index (κ2) is 7.60. The van der Waals surface area contributed by atoms with Crippen molar-refractivity contribution in [2.45, 2.75) is 46.1 Å². The number of carboxylic acids is 1. The van der Waals surface area contributed by atoms with Gasteiger partial charge in [-0.2, -0.15) is 0 Å². The predicted molar refractivity (Wildman–Crippen MR) is 85.2 cm³/mol. The molecule has 21 heavy (non-hydrogen) atoms. The van der Waals surface area contributed by atoms with Gasteiger partial charge in [0.05, 0.1) is 5.92 Å². The Kier molecular flexibility index (Phi) is 5.80. The fourth-order valence-corrected chi connectivity index (χ4v) is 3.29. The van der Waals surface area contributed by atoms with Crippen LogP contribution in [0.15, 0.2) is 24.3 Å². The van der Waals surface area contributed by atoms with Gasteiger partial charge in [0.15, 0.2) is 0 Å². The maximum absolute atomic E-state index is 11.1. The lowest BCUT2D eigenvalue weighted by molar-refractivity contribution is -0.142. The molecular weight excluding hydrogens is 262 g/mol. The second-order valence-corrected chi connectivity index (χ2v) is 6.39. The minimum atomic E-state index is -0.625. The Hall–Kier alpha value is -1.35. The lowest BCUT2D eigenvalue weighted by Gasteiger charge is -2.33. The molecule has 1 saturated heterocycles. The van der Waals surface area contributed by atoms with E-state index in [1.807, 2.05) is 6.92 Å². The molecule has 1 fully saturated rings. The van der Waals surface area contributed by atoms with E-state index < -0.39 is 5.97 Å². The monoisotopic (exact) mass is 289 g/mol. The van der Waals surface area contributed by atoms with E-state index in [1.54, 1.807) is 0 Å². The maximum Gasteiger partial charge on any atom is 0.306 e. The Bertz CT molecular complexity index is 464. The number of likely N-dealkylation sites (tertiary alicyclic amines) is 1. The largest absolute Gasteiger partial charge is 0.481 e. The summed E-state index contributed by atoms with van der Waals surface area (Å²) >= 11 is 0. The van der Waals surface area contributed by atoms with Crippen molar-refractivity contribution in [2.75, 3.05) is 13.1 Å². The predicted octanol–water partition coefficient (Wildman–Crippen LogP) is 3.71. The molecule has 1 aliphatic rings. The van der Waals surface area contributed by atoms with Crippen LogP contribution in [-0.2, 0) is 11.3 Å². The quantitative estimate of drug-likeness (QED) is 0.868. The molecule has 0 saturated carbocycles. The van der Waals surface area contributed by atoms with Crippen molar-refractivity contribution in [3.8, 4) is 0 Å². The summed E-state index contributed by atoms with van der Waals surface area (Å²) in [5.74, 6) is -0.196. The summed E-state index contributed by atoms with van der Waals surface area (Å²) in [6, 6.07) is 8.70. The van der Waals surface area contributed by atoms with Gasteiger partial charge in [-0.15, -0.1) is 0 Å². The number of aliphatic carboxylic acids is 1. The number of benzene rings is 1. The molecule has 116 valence electrons. The van der Waals surface area contributed by atoms with Crippen LogP contribution in [0.3, 0.4) is 0 Å². The summed E-state index contributed by atoms with van der Waals surface area (Å²) in [4.78, 5) is 13.6. The van der Waals surface area contributed by atoms with Crippen LogP contribution in [0.25, 0.3) is 0 Å². The topological polar surface area (TPSA) is 40.5 Å². The first-order valence-electron chi connectivity index (χ1n) is 8.09. The van der Waals surface area contributed by atoms with E-state index in [2.05, 4.69) is 36.1 Å². The van der Waals surface area contributed by atoms with Crippen LogP contribution in [0.2, 0.25) is 0 Å². The zero-order valence-electron chi connectivity index (χ0n) is 13.2. The highest BCUT2D eigenvalue weighted by Crippen LogP contribution is 2.26. The number of piperidine rings is 1. The van der Waals surface area contributed by atoms with Crippen LogP contribution in [0.5, 0.6) is 0 Å². The van der Waals surface area contributed by atoms with E-state index in [-0.39, 0.29) is 5.92 Å². The minimum absolute atomic E-state index is 0.154. The Morgan fingerprint density at radius 1 is 1.38 bits per heavy atom. The molecule has 0 spiro atoms. The summed E-state index contributed by atoms with van der Waals surface area (Å²) in [6.07, 6.45) is 3.87. The van der Waals surface area contributed by atoms with E-state index in [0.717, 1.165) is 45.3 Å². The number of rotatable bonds is 6. The van der Waals surface area contributed by atoms with Gasteiger partial charge in [-0.1, -0.05) is 36.8 Å². The molecule has 0 aromatic heterocycles. The van der Waals surface area contributed by atoms with E-state index in [1.165, 1.54) is 11.1 Å². The van der Waals surface area contributed by atoms with E-state index in [9.17, 15) is 4.79 Å². The number of nitrogens with zero attached hydrogens (tertiary/aromatic N) is 1. The molecule has 0 radical (unpaired) electrons. The lowest BCUT2D eigenvalue weighted by atomic mass is 9.86. The van der Waals surface area contributed by atoms with Crippen LogP contribution in [-0.4, -0.2) is 29.1 Å². The first kappa shape index (κ1) is 16.0. The van der Waals surface area contributed by atoms with Gasteiger partial charge in [0.25, 0.3) is 0 Å². The fraction of sp³-hybridized carbons (Fsp3) is 0.611. The number of hydrogen-bond donors (Lipinski definition) is 1. The van der Waals surface area contributed by atoms with Gasteiger partial charge in [0.1, 0.15) is 0 Å². The molecule has 1 aromatic rings. The highest BCUT2D eigenvalue weighted by Gasteiger charge is 2.24. The van der Waals surface area contributed by atoms with Crippen molar-refractivity contribution in [3.05, 3.63) is 35.4 Å². The molecule has 3 heteroatoms. The Morgan fingerprint density at radius 3 is 2.67 bits per heavy atom. The van der Waals surface area contributed by atoms with Crippen molar-refractivity contribution < 1.29 is 9.90 Å². The van der Waals surface area contributed by atoms with E-state index >= 15 is 0 Å². The number of aryl methyl sites for hydroxylation is 1. The molecular formula is C18H27NO2. The molecule has 1 N–H and O–H groups in total. The Morgan fingerprint density at radius 2 is 2.10 bits per heavy atom. The van der Waals surface area contributed by atoms with Crippen LogP contribution in [0, 0.1) is 18.8 Å². The van der Waals surface area contributed by atoms with E-state index in [0.29, 0.717) is 5.92 Å². The maximum atomic E-state index is 11.1. The van der Waals surface area contributed by atoms with Crippen LogP contribution in [0.1, 0.15) is 43.7 Å². The summed E-state index contributed by atoms with van der Waals surface area (Å²) in [5.41, 5.74) is 2.69. The SMILES string of the molecule is CCC(CC1CCN(Cc2cccc(C)c2)CC1)C(=O)O. The molecule has 1 heterocycles. The zero-order valence-corrected chi connectivity index (χ0v) is 13.2. The molecule has 1 unspecified atom stereocenters. The van der Waals surface area contributed by atoms with Gasteiger partial charge < -0.3 is 5.11 Å². The highest BCUT2D eigenvalue weighted by atomic mass is 16.4. The first-order chi connectivity index (χ1) is 10.1. The molecule has 0 amide bonds. The molecule has 1 atom stereocenters. The molecule has 1 aromatic carbocycles. The van der Waals surface area contributed by atoms with Gasteiger partial charge in [-0.05, 0) is 57.2 Å². The van der Waals surface area contributed by atoms with Gasteiger partial charge in [0.2, 0.25) is 0 Å². The highest BCUT2D eigenvalue weighted by molar-refractivity contribution is 5.69. The van der Waals surface area contributed by atoms with Gasteiger partial charge >= 0.3 is 5.97 Å². The smallest absolute Gasteiger partial charge is 0.306 e. The standard InChI is InChI=1S/C18H27NO2/c1-3-17(18(20)21)12-15-7-9-19(10-8-15)13-16-6-4-5-14(2)11-16/h4-6,11,15,17H,3,7-10,12-13H2,1-2H3,(H,20,21).